The van der Waals surface area contributed by atoms with E-state index >= 15 is 0 Å². The van der Waals surface area contributed by atoms with E-state index in [9.17, 15) is 0 Å². The van der Waals surface area contributed by atoms with Gasteiger partial charge in [0.15, 0.2) is 0 Å². The summed E-state index contributed by atoms with van der Waals surface area (Å²) in [6.45, 7) is 6.99. The Bertz CT molecular complexity index is 606. The fraction of sp³-hybridized carbons (Fsp3) is 0.250. The molecule has 0 saturated carbocycles. The van der Waals surface area contributed by atoms with E-state index in [1.54, 1.807) is 0 Å². The van der Waals surface area contributed by atoms with E-state index in [1.807, 2.05) is 6.92 Å². The molecule has 19 heavy (non-hydrogen) atoms. The molecule has 0 aromatic heterocycles. The van der Waals surface area contributed by atoms with Crippen LogP contribution in [0.5, 0.6) is 0 Å². The second-order valence-electron chi connectivity index (χ2n) is 4.91. The zero-order valence-corrected chi connectivity index (χ0v) is 12.5. The number of benzene rings is 2. The molecule has 0 spiro atoms. The summed E-state index contributed by atoms with van der Waals surface area (Å²) >= 11 is 4.51. The normalized spacial score (nSPS) is 10.5. The zero-order chi connectivity index (χ0) is 14.0. The largest absolute Gasteiger partial charge is 0.398 e. The van der Waals surface area contributed by atoms with Gasteiger partial charge in [0, 0.05) is 6.54 Å². The van der Waals surface area contributed by atoms with Gasteiger partial charge in [-0.15, -0.1) is 12.6 Å². The van der Waals surface area contributed by atoms with Crippen molar-refractivity contribution in [3.05, 3.63) is 52.6 Å². The van der Waals surface area contributed by atoms with Gasteiger partial charge >= 0.3 is 0 Å². The number of nitrogen functional groups attached to an aromatic ring is 1. The average Bonchev–Trinajstić information content (AvgIpc) is 2.40. The van der Waals surface area contributed by atoms with Crippen LogP contribution in [-0.2, 0) is 6.54 Å². The maximum absolute atomic E-state index is 6.07. The van der Waals surface area contributed by atoms with Crippen LogP contribution >= 0.6 is 12.6 Å². The van der Waals surface area contributed by atoms with Crippen LogP contribution in [0.2, 0.25) is 0 Å². The predicted molar refractivity (Wildman–Crippen MR) is 86.1 cm³/mol. The third-order valence-electron chi connectivity index (χ3n) is 3.60. The monoisotopic (exact) mass is 272 g/mol. The molecule has 2 rings (SSSR count). The second-order valence-corrected chi connectivity index (χ2v) is 5.36. The van der Waals surface area contributed by atoms with Crippen molar-refractivity contribution in [2.45, 2.75) is 32.2 Å². The molecule has 0 saturated heterocycles. The second kappa shape index (κ2) is 5.57. The summed E-state index contributed by atoms with van der Waals surface area (Å²) < 4.78 is 0. The molecule has 0 amide bonds. The van der Waals surface area contributed by atoms with Crippen molar-refractivity contribution in [3.8, 4) is 0 Å². The quantitative estimate of drug-likeness (QED) is 0.581. The molecule has 0 aliphatic rings. The third kappa shape index (κ3) is 2.87. The molecule has 2 aromatic rings. The lowest BCUT2D eigenvalue weighted by Gasteiger charge is -2.15. The Kier molecular flexibility index (Phi) is 4.05. The van der Waals surface area contributed by atoms with E-state index in [2.05, 4.69) is 62.1 Å². The highest BCUT2D eigenvalue weighted by atomic mass is 32.1. The van der Waals surface area contributed by atoms with Crippen molar-refractivity contribution in [2.75, 3.05) is 11.1 Å². The van der Waals surface area contributed by atoms with Gasteiger partial charge in [-0.25, -0.2) is 0 Å². The van der Waals surface area contributed by atoms with Gasteiger partial charge in [0.2, 0.25) is 0 Å². The maximum Gasteiger partial charge on any atom is 0.0506 e. The third-order valence-corrected chi connectivity index (χ3v) is 4.08. The van der Waals surface area contributed by atoms with Gasteiger partial charge in [0.25, 0.3) is 0 Å². The van der Waals surface area contributed by atoms with Gasteiger partial charge in [0.05, 0.1) is 16.3 Å². The molecule has 0 aliphatic heterocycles. The number of aryl methyl sites for hydroxylation is 2. The van der Waals surface area contributed by atoms with Crippen LogP contribution in [0.25, 0.3) is 0 Å². The van der Waals surface area contributed by atoms with E-state index in [0.29, 0.717) is 0 Å². The lowest BCUT2D eigenvalue weighted by Crippen LogP contribution is -2.05. The van der Waals surface area contributed by atoms with Crippen LogP contribution in [0, 0.1) is 20.8 Å². The smallest absolute Gasteiger partial charge is 0.0506 e. The van der Waals surface area contributed by atoms with E-state index in [-0.39, 0.29) is 0 Å². The summed E-state index contributed by atoms with van der Waals surface area (Å²) in [6, 6.07) is 10.5. The molecule has 2 aromatic carbocycles. The number of rotatable bonds is 3. The Morgan fingerprint density at radius 1 is 1.11 bits per heavy atom. The fourth-order valence-corrected chi connectivity index (χ4v) is 2.37. The Morgan fingerprint density at radius 2 is 1.79 bits per heavy atom. The molecule has 3 N–H and O–H groups in total. The van der Waals surface area contributed by atoms with Gasteiger partial charge in [-0.2, -0.15) is 0 Å². The first-order valence-electron chi connectivity index (χ1n) is 6.37. The molecule has 0 aliphatic carbocycles. The van der Waals surface area contributed by atoms with Crippen molar-refractivity contribution >= 4 is 24.0 Å². The Balaban J connectivity index is 2.23. The Hall–Kier alpha value is -1.61. The highest BCUT2D eigenvalue weighted by molar-refractivity contribution is 7.80. The molecular formula is C16H20N2S. The SMILES string of the molecule is Cc1ccccc1CNc1cc(C)c(C)c(N)c1S. The van der Waals surface area contributed by atoms with Gasteiger partial charge < -0.3 is 11.1 Å². The molecular weight excluding hydrogens is 252 g/mol. The predicted octanol–water partition coefficient (Wildman–Crippen LogP) is 4.09. The molecule has 0 radical (unpaired) electrons. The van der Waals surface area contributed by atoms with Gasteiger partial charge in [-0.1, -0.05) is 24.3 Å². The van der Waals surface area contributed by atoms with Crippen LogP contribution in [0.15, 0.2) is 35.2 Å². The van der Waals surface area contributed by atoms with Crippen LogP contribution in [-0.4, -0.2) is 0 Å². The summed E-state index contributed by atoms with van der Waals surface area (Å²) in [5.41, 5.74) is 12.7. The molecule has 0 unspecified atom stereocenters. The molecule has 100 valence electrons. The standard InChI is InChI=1S/C16H20N2S/c1-10-6-4-5-7-13(10)9-18-14-8-11(2)12(3)15(17)16(14)19/h4-8,18-19H,9,17H2,1-3H3. The van der Waals surface area contributed by atoms with Gasteiger partial charge in [-0.3, -0.25) is 0 Å². The van der Waals surface area contributed by atoms with Crippen LogP contribution < -0.4 is 11.1 Å². The van der Waals surface area contributed by atoms with E-state index < -0.39 is 0 Å². The summed E-state index contributed by atoms with van der Waals surface area (Å²) in [5, 5.41) is 3.42. The lowest BCUT2D eigenvalue weighted by molar-refractivity contribution is 1.10. The van der Waals surface area contributed by atoms with Crippen molar-refractivity contribution in [2.24, 2.45) is 0 Å². The minimum atomic E-state index is 0.760. The molecule has 0 heterocycles. The van der Waals surface area contributed by atoms with Gasteiger partial charge in [-0.05, 0) is 49.1 Å². The van der Waals surface area contributed by atoms with Crippen molar-refractivity contribution < 1.29 is 0 Å². The average molecular weight is 272 g/mol. The Labute approximate surface area is 120 Å². The fourth-order valence-electron chi connectivity index (χ4n) is 2.06. The number of nitrogens with one attached hydrogen (secondary N) is 1. The molecule has 0 atom stereocenters. The molecule has 3 heteroatoms. The van der Waals surface area contributed by atoms with Gasteiger partial charge in [0.1, 0.15) is 0 Å². The topological polar surface area (TPSA) is 38.0 Å². The van der Waals surface area contributed by atoms with Crippen molar-refractivity contribution in [1.29, 1.82) is 0 Å². The summed E-state index contributed by atoms with van der Waals surface area (Å²) in [7, 11) is 0. The highest BCUT2D eigenvalue weighted by Crippen LogP contribution is 2.32. The first-order valence-corrected chi connectivity index (χ1v) is 6.82. The van der Waals surface area contributed by atoms with E-state index in [1.165, 1.54) is 16.7 Å². The van der Waals surface area contributed by atoms with Crippen LogP contribution in [0.4, 0.5) is 11.4 Å². The zero-order valence-electron chi connectivity index (χ0n) is 11.6. The lowest BCUT2D eigenvalue weighted by atomic mass is 10.1. The van der Waals surface area contributed by atoms with E-state index in [0.717, 1.165) is 28.4 Å². The highest BCUT2D eigenvalue weighted by Gasteiger charge is 2.08. The molecule has 0 bridgehead atoms. The number of nitrogens with two attached hydrogens (primary N) is 1. The molecule has 2 nitrogen and oxygen atoms in total. The summed E-state index contributed by atoms with van der Waals surface area (Å²) in [5.74, 6) is 0. The number of thiol groups is 1. The van der Waals surface area contributed by atoms with Crippen molar-refractivity contribution in [3.63, 3.8) is 0 Å². The van der Waals surface area contributed by atoms with Crippen LogP contribution in [0.1, 0.15) is 22.3 Å². The van der Waals surface area contributed by atoms with Crippen molar-refractivity contribution in [1.82, 2.24) is 0 Å². The minimum absolute atomic E-state index is 0.760. The first kappa shape index (κ1) is 13.8. The van der Waals surface area contributed by atoms with E-state index in [4.69, 9.17) is 5.73 Å². The minimum Gasteiger partial charge on any atom is -0.398 e. The molecule has 0 fully saturated rings. The number of anilines is 2. The number of hydrogen-bond donors (Lipinski definition) is 3. The number of hydrogen-bond acceptors (Lipinski definition) is 3. The maximum atomic E-state index is 6.07. The Morgan fingerprint density at radius 3 is 2.47 bits per heavy atom. The summed E-state index contributed by atoms with van der Waals surface area (Å²) in [6.07, 6.45) is 0. The summed E-state index contributed by atoms with van der Waals surface area (Å²) in [4.78, 5) is 0.830. The first-order chi connectivity index (χ1) is 9.00. The van der Waals surface area contributed by atoms with Crippen LogP contribution in [0.3, 0.4) is 0 Å².